The first-order chi connectivity index (χ1) is 9.96. The van der Waals surface area contributed by atoms with E-state index in [-0.39, 0.29) is 11.9 Å². The van der Waals surface area contributed by atoms with Gasteiger partial charge in [0, 0.05) is 25.2 Å². The third-order valence-corrected chi connectivity index (χ3v) is 5.93. The molecular weight excluding hydrogens is 282 g/mol. The van der Waals surface area contributed by atoms with Crippen molar-refractivity contribution in [2.24, 2.45) is 11.1 Å². The fraction of sp³-hybridized carbons (Fsp3) is 0.875. The molecule has 0 aromatic heterocycles. The van der Waals surface area contributed by atoms with E-state index in [1.54, 1.807) is 0 Å². The van der Waals surface area contributed by atoms with Crippen LogP contribution in [0.5, 0.6) is 0 Å². The second-order valence-electron chi connectivity index (χ2n) is 6.60. The van der Waals surface area contributed by atoms with E-state index in [0.717, 1.165) is 13.1 Å². The van der Waals surface area contributed by atoms with Crippen LogP contribution >= 0.6 is 12.2 Å². The van der Waals surface area contributed by atoms with Gasteiger partial charge >= 0.3 is 0 Å². The topological polar surface area (TPSA) is 49.6 Å². The summed E-state index contributed by atoms with van der Waals surface area (Å²) in [6.07, 6.45) is 5.15. The Labute approximate surface area is 134 Å². The SMILES string of the molecule is CCC(CC)(C(=O)N1CC2CCCCN2CC1C)C(N)=S. The average Bonchev–Trinajstić information content (AvgIpc) is 2.47. The predicted molar refractivity (Wildman–Crippen MR) is 90.2 cm³/mol. The molecule has 0 radical (unpaired) electrons. The minimum Gasteiger partial charge on any atom is -0.392 e. The molecular formula is C16H29N3OS. The summed E-state index contributed by atoms with van der Waals surface area (Å²) >= 11 is 5.25. The fourth-order valence-corrected chi connectivity index (χ4v) is 4.29. The number of fused-ring (bicyclic) bond motifs is 1. The molecule has 0 aliphatic carbocycles. The monoisotopic (exact) mass is 311 g/mol. The number of hydrogen-bond acceptors (Lipinski definition) is 3. The first-order valence-corrected chi connectivity index (χ1v) is 8.72. The summed E-state index contributed by atoms with van der Waals surface area (Å²) in [6, 6.07) is 0.773. The Kier molecular flexibility index (Phi) is 5.25. The van der Waals surface area contributed by atoms with Gasteiger partial charge in [-0.05, 0) is 39.2 Å². The predicted octanol–water partition coefficient (Wildman–Crippen LogP) is 2.16. The van der Waals surface area contributed by atoms with E-state index in [1.165, 1.54) is 25.8 Å². The zero-order valence-electron chi connectivity index (χ0n) is 13.6. The van der Waals surface area contributed by atoms with Crippen molar-refractivity contribution in [1.82, 2.24) is 9.80 Å². The van der Waals surface area contributed by atoms with Gasteiger partial charge in [0.1, 0.15) is 0 Å². The third-order valence-electron chi connectivity index (χ3n) is 5.54. The second-order valence-corrected chi connectivity index (χ2v) is 7.04. The lowest BCUT2D eigenvalue weighted by Gasteiger charge is -2.49. The fourth-order valence-electron chi connectivity index (χ4n) is 3.92. The molecule has 21 heavy (non-hydrogen) atoms. The van der Waals surface area contributed by atoms with Crippen molar-refractivity contribution in [3.8, 4) is 0 Å². The van der Waals surface area contributed by atoms with Gasteiger partial charge in [0.25, 0.3) is 0 Å². The Morgan fingerprint density at radius 2 is 1.95 bits per heavy atom. The van der Waals surface area contributed by atoms with Gasteiger partial charge in [-0.1, -0.05) is 32.5 Å². The smallest absolute Gasteiger partial charge is 0.235 e. The number of hydrogen-bond donors (Lipinski definition) is 1. The van der Waals surface area contributed by atoms with Gasteiger partial charge < -0.3 is 10.6 Å². The van der Waals surface area contributed by atoms with Crippen LogP contribution in [0.25, 0.3) is 0 Å². The van der Waals surface area contributed by atoms with Crippen LogP contribution in [-0.2, 0) is 4.79 Å². The van der Waals surface area contributed by atoms with Crippen LogP contribution in [0.2, 0.25) is 0 Å². The van der Waals surface area contributed by atoms with Crippen LogP contribution in [0.4, 0.5) is 0 Å². The number of nitrogens with zero attached hydrogens (tertiary/aromatic N) is 2. The van der Waals surface area contributed by atoms with Crippen molar-refractivity contribution >= 4 is 23.1 Å². The van der Waals surface area contributed by atoms with Gasteiger partial charge in [0.2, 0.25) is 5.91 Å². The highest BCUT2D eigenvalue weighted by Gasteiger charge is 2.45. The number of thiocarbonyl (C=S) groups is 1. The number of amides is 1. The number of piperazine rings is 1. The number of piperidine rings is 1. The van der Waals surface area contributed by atoms with E-state index >= 15 is 0 Å². The van der Waals surface area contributed by atoms with Gasteiger partial charge in [-0.15, -0.1) is 0 Å². The maximum absolute atomic E-state index is 13.1. The normalized spacial score (nSPS) is 27.3. The molecule has 0 bridgehead atoms. The van der Waals surface area contributed by atoms with Crippen LogP contribution in [0.15, 0.2) is 0 Å². The Hall–Kier alpha value is -0.680. The van der Waals surface area contributed by atoms with Crippen molar-refractivity contribution in [2.45, 2.75) is 65.0 Å². The highest BCUT2D eigenvalue weighted by molar-refractivity contribution is 7.80. The molecule has 0 aromatic carbocycles. The largest absolute Gasteiger partial charge is 0.392 e. The minimum atomic E-state index is -0.652. The van der Waals surface area contributed by atoms with Crippen LogP contribution < -0.4 is 5.73 Å². The van der Waals surface area contributed by atoms with Crippen molar-refractivity contribution in [1.29, 1.82) is 0 Å². The molecule has 2 saturated heterocycles. The molecule has 0 saturated carbocycles. The van der Waals surface area contributed by atoms with E-state index in [9.17, 15) is 4.79 Å². The first-order valence-electron chi connectivity index (χ1n) is 8.31. The molecule has 5 heteroatoms. The first kappa shape index (κ1) is 16.7. The molecule has 0 aromatic rings. The van der Waals surface area contributed by atoms with E-state index in [1.807, 2.05) is 13.8 Å². The van der Waals surface area contributed by atoms with Crippen molar-refractivity contribution in [3.05, 3.63) is 0 Å². The van der Waals surface area contributed by atoms with Crippen LogP contribution in [0, 0.1) is 5.41 Å². The second kappa shape index (κ2) is 6.61. The summed E-state index contributed by atoms with van der Waals surface area (Å²) < 4.78 is 0. The van der Waals surface area contributed by atoms with Gasteiger partial charge in [0.15, 0.2) is 0 Å². The highest BCUT2D eigenvalue weighted by Crippen LogP contribution is 2.33. The van der Waals surface area contributed by atoms with Crippen molar-refractivity contribution in [2.75, 3.05) is 19.6 Å². The van der Waals surface area contributed by atoms with Crippen LogP contribution in [0.3, 0.4) is 0 Å². The van der Waals surface area contributed by atoms with Gasteiger partial charge in [0.05, 0.1) is 10.4 Å². The minimum absolute atomic E-state index is 0.151. The number of rotatable bonds is 4. The Bertz CT molecular complexity index is 408. The van der Waals surface area contributed by atoms with E-state index < -0.39 is 5.41 Å². The molecule has 2 fully saturated rings. The summed E-state index contributed by atoms with van der Waals surface area (Å²) in [7, 11) is 0. The van der Waals surface area contributed by atoms with Gasteiger partial charge in [-0.25, -0.2) is 0 Å². The molecule has 2 heterocycles. The van der Waals surface area contributed by atoms with Gasteiger partial charge in [-0.2, -0.15) is 0 Å². The van der Waals surface area contributed by atoms with E-state index in [4.69, 9.17) is 18.0 Å². The summed E-state index contributed by atoms with van der Waals surface area (Å²) in [4.78, 5) is 18.1. The lowest BCUT2D eigenvalue weighted by atomic mass is 9.79. The average molecular weight is 311 g/mol. The molecule has 2 aliphatic rings. The highest BCUT2D eigenvalue weighted by atomic mass is 32.1. The summed E-state index contributed by atoms with van der Waals surface area (Å²) in [5.41, 5.74) is 5.30. The maximum atomic E-state index is 13.1. The number of nitrogens with two attached hydrogens (primary N) is 1. The summed E-state index contributed by atoms with van der Waals surface area (Å²) in [6.45, 7) is 9.18. The summed E-state index contributed by atoms with van der Waals surface area (Å²) in [5, 5.41) is 0. The van der Waals surface area contributed by atoms with Crippen molar-refractivity contribution in [3.63, 3.8) is 0 Å². The van der Waals surface area contributed by atoms with E-state index in [0.29, 0.717) is 23.9 Å². The maximum Gasteiger partial charge on any atom is 0.235 e. The molecule has 4 nitrogen and oxygen atoms in total. The number of carbonyl (C=O) groups is 1. The number of carbonyl (C=O) groups excluding carboxylic acids is 1. The molecule has 1 amide bonds. The van der Waals surface area contributed by atoms with Gasteiger partial charge in [-0.3, -0.25) is 9.69 Å². The van der Waals surface area contributed by atoms with Crippen LogP contribution in [0.1, 0.15) is 52.9 Å². The zero-order valence-corrected chi connectivity index (χ0v) is 14.4. The third kappa shape index (κ3) is 2.95. The van der Waals surface area contributed by atoms with E-state index in [2.05, 4.69) is 16.7 Å². The van der Waals surface area contributed by atoms with Crippen LogP contribution in [-0.4, -0.2) is 52.4 Å². The molecule has 2 unspecified atom stereocenters. The Balaban J connectivity index is 2.19. The summed E-state index contributed by atoms with van der Waals surface area (Å²) in [5.74, 6) is 0.151. The zero-order chi connectivity index (χ0) is 15.6. The molecule has 2 rings (SSSR count). The lowest BCUT2D eigenvalue weighted by Crippen LogP contribution is -2.63. The molecule has 2 N–H and O–H groups in total. The van der Waals surface area contributed by atoms with Crippen molar-refractivity contribution < 1.29 is 4.79 Å². The molecule has 0 spiro atoms. The molecule has 2 aliphatic heterocycles. The standard InChI is InChI=1S/C16H29N3OS/c1-4-16(5-2,14(17)21)15(20)19-11-13-8-6-7-9-18(13)10-12(19)3/h12-13H,4-11H2,1-3H3,(H2,17,21). The Morgan fingerprint density at radius 1 is 1.29 bits per heavy atom. The lowest BCUT2D eigenvalue weighted by molar-refractivity contribution is -0.145. The molecule has 2 atom stereocenters. The Morgan fingerprint density at radius 3 is 2.52 bits per heavy atom. The molecule has 120 valence electrons. The quantitative estimate of drug-likeness (QED) is 0.808.